The Labute approximate surface area is 107 Å². The average Bonchev–Trinajstić information content (AvgIpc) is 2.91. The Hall–Kier alpha value is -1.82. The molecule has 98 valence electrons. The molecule has 2 heterocycles. The van der Waals surface area contributed by atoms with Crippen molar-refractivity contribution in [2.24, 2.45) is 14.1 Å². The lowest BCUT2D eigenvalue weighted by Crippen LogP contribution is -2.17. The molecule has 0 aromatic carbocycles. The first-order valence-corrected chi connectivity index (χ1v) is 5.94. The summed E-state index contributed by atoms with van der Waals surface area (Å²) in [4.78, 5) is 0. The van der Waals surface area contributed by atoms with Crippen LogP contribution in [0.1, 0.15) is 11.3 Å². The number of hydrogen-bond donors (Lipinski definition) is 1. The van der Waals surface area contributed by atoms with Crippen molar-refractivity contribution < 1.29 is 4.74 Å². The van der Waals surface area contributed by atoms with Crippen LogP contribution in [-0.4, -0.2) is 33.2 Å². The summed E-state index contributed by atoms with van der Waals surface area (Å²) in [7, 11) is 5.45. The third-order valence-electron chi connectivity index (χ3n) is 2.75. The van der Waals surface area contributed by atoms with E-state index in [1.165, 1.54) is 5.56 Å². The molecule has 0 amide bonds. The van der Waals surface area contributed by atoms with Gasteiger partial charge in [-0.3, -0.25) is 4.68 Å². The van der Waals surface area contributed by atoms with E-state index in [0.717, 1.165) is 31.1 Å². The molecule has 18 heavy (non-hydrogen) atoms. The van der Waals surface area contributed by atoms with E-state index in [0.29, 0.717) is 0 Å². The number of hydrogen-bond acceptors (Lipinski definition) is 4. The van der Waals surface area contributed by atoms with Crippen molar-refractivity contribution in [1.29, 1.82) is 0 Å². The summed E-state index contributed by atoms with van der Waals surface area (Å²) in [5.74, 6) is 0.777. The van der Waals surface area contributed by atoms with Crippen molar-refractivity contribution in [1.82, 2.24) is 24.9 Å². The second kappa shape index (κ2) is 5.68. The van der Waals surface area contributed by atoms with Gasteiger partial charge in [0.15, 0.2) is 0 Å². The van der Waals surface area contributed by atoms with Gasteiger partial charge in [0.2, 0.25) is 5.88 Å². The zero-order valence-electron chi connectivity index (χ0n) is 11.1. The van der Waals surface area contributed by atoms with Gasteiger partial charge in [0.1, 0.15) is 0 Å². The minimum atomic E-state index is 0.747. The molecular weight excluding hydrogens is 230 g/mol. The fourth-order valence-corrected chi connectivity index (χ4v) is 1.83. The minimum absolute atomic E-state index is 0.747. The van der Waals surface area contributed by atoms with Crippen LogP contribution in [0.2, 0.25) is 0 Å². The molecule has 0 bridgehead atoms. The SMILES string of the molecule is COc1cc(CNCCc2cnn(C)c2)nn1C. The number of methoxy groups -OCH3 is 1. The van der Waals surface area contributed by atoms with Gasteiger partial charge in [0.05, 0.1) is 19.0 Å². The van der Waals surface area contributed by atoms with E-state index in [1.807, 2.05) is 37.2 Å². The summed E-state index contributed by atoms with van der Waals surface area (Å²) in [6.45, 7) is 1.65. The van der Waals surface area contributed by atoms with Crippen LogP contribution in [0.3, 0.4) is 0 Å². The Kier molecular flexibility index (Phi) is 3.99. The Bertz CT molecular complexity index is 502. The van der Waals surface area contributed by atoms with Crippen molar-refractivity contribution in [2.45, 2.75) is 13.0 Å². The molecule has 0 unspecified atom stereocenters. The van der Waals surface area contributed by atoms with Gasteiger partial charge in [0, 0.05) is 32.9 Å². The number of aromatic nitrogens is 4. The topological polar surface area (TPSA) is 56.9 Å². The van der Waals surface area contributed by atoms with Gasteiger partial charge in [-0.15, -0.1) is 0 Å². The second-order valence-electron chi connectivity index (χ2n) is 4.25. The first kappa shape index (κ1) is 12.6. The van der Waals surface area contributed by atoms with Crippen LogP contribution in [0, 0.1) is 0 Å². The highest BCUT2D eigenvalue weighted by Gasteiger charge is 2.04. The summed E-state index contributed by atoms with van der Waals surface area (Å²) in [6, 6.07) is 1.94. The van der Waals surface area contributed by atoms with Crippen LogP contribution in [0.5, 0.6) is 5.88 Å². The fourth-order valence-electron chi connectivity index (χ4n) is 1.83. The van der Waals surface area contributed by atoms with E-state index < -0.39 is 0 Å². The van der Waals surface area contributed by atoms with Gasteiger partial charge in [0.25, 0.3) is 0 Å². The summed E-state index contributed by atoms with van der Waals surface area (Å²) in [6.07, 6.45) is 4.90. The van der Waals surface area contributed by atoms with Crippen LogP contribution < -0.4 is 10.1 Å². The third kappa shape index (κ3) is 3.10. The van der Waals surface area contributed by atoms with Crippen LogP contribution >= 0.6 is 0 Å². The Balaban J connectivity index is 1.74. The molecule has 2 aromatic heterocycles. The molecule has 0 spiro atoms. The van der Waals surface area contributed by atoms with E-state index >= 15 is 0 Å². The smallest absolute Gasteiger partial charge is 0.211 e. The predicted molar refractivity (Wildman–Crippen MR) is 68.4 cm³/mol. The van der Waals surface area contributed by atoms with E-state index in [1.54, 1.807) is 11.8 Å². The normalized spacial score (nSPS) is 10.8. The van der Waals surface area contributed by atoms with Crippen molar-refractivity contribution in [3.8, 4) is 5.88 Å². The largest absolute Gasteiger partial charge is 0.481 e. The maximum absolute atomic E-state index is 5.17. The van der Waals surface area contributed by atoms with Gasteiger partial charge >= 0.3 is 0 Å². The Morgan fingerprint density at radius 3 is 2.83 bits per heavy atom. The van der Waals surface area contributed by atoms with Gasteiger partial charge in [-0.05, 0) is 18.5 Å². The maximum atomic E-state index is 5.17. The zero-order chi connectivity index (χ0) is 13.0. The number of rotatable bonds is 6. The molecule has 0 aliphatic rings. The lowest BCUT2D eigenvalue weighted by Gasteiger charge is -2.00. The third-order valence-corrected chi connectivity index (χ3v) is 2.75. The highest BCUT2D eigenvalue weighted by atomic mass is 16.5. The molecule has 6 heteroatoms. The Morgan fingerprint density at radius 1 is 1.39 bits per heavy atom. The molecular formula is C12H19N5O. The van der Waals surface area contributed by atoms with Crippen LogP contribution in [0.4, 0.5) is 0 Å². The highest BCUT2D eigenvalue weighted by molar-refractivity contribution is 5.15. The van der Waals surface area contributed by atoms with Crippen molar-refractivity contribution >= 4 is 0 Å². The summed E-state index contributed by atoms with van der Waals surface area (Å²) in [5.41, 5.74) is 2.23. The second-order valence-corrected chi connectivity index (χ2v) is 4.25. The first-order valence-electron chi connectivity index (χ1n) is 5.94. The van der Waals surface area contributed by atoms with Gasteiger partial charge in [-0.1, -0.05) is 0 Å². The van der Waals surface area contributed by atoms with Crippen LogP contribution in [0.15, 0.2) is 18.5 Å². The number of nitrogens with one attached hydrogen (secondary N) is 1. The van der Waals surface area contributed by atoms with E-state index in [9.17, 15) is 0 Å². The van der Waals surface area contributed by atoms with Gasteiger partial charge < -0.3 is 10.1 Å². The van der Waals surface area contributed by atoms with Crippen LogP contribution in [-0.2, 0) is 27.1 Å². The number of ether oxygens (including phenoxy) is 1. The molecule has 1 N–H and O–H groups in total. The lowest BCUT2D eigenvalue weighted by molar-refractivity contribution is 0.373. The van der Waals surface area contributed by atoms with E-state index in [2.05, 4.69) is 15.5 Å². The molecule has 2 rings (SSSR count). The molecule has 2 aromatic rings. The molecule has 6 nitrogen and oxygen atoms in total. The van der Waals surface area contributed by atoms with Crippen LogP contribution in [0.25, 0.3) is 0 Å². The monoisotopic (exact) mass is 249 g/mol. The standard InChI is InChI=1S/C12H19N5O/c1-16-9-10(7-14-16)4-5-13-8-11-6-12(18-3)17(2)15-11/h6-7,9,13H,4-5,8H2,1-3H3. The van der Waals surface area contributed by atoms with Crippen molar-refractivity contribution in [3.63, 3.8) is 0 Å². The summed E-state index contributed by atoms with van der Waals surface area (Å²) < 4.78 is 8.72. The molecule has 0 aliphatic carbocycles. The summed E-state index contributed by atoms with van der Waals surface area (Å²) >= 11 is 0. The molecule has 0 fully saturated rings. The molecule has 0 aliphatic heterocycles. The number of aryl methyl sites for hydroxylation is 2. The van der Waals surface area contributed by atoms with Crippen molar-refractivity contribution in [2.75, 3.05) is 13.7 Å². The fraction of sp³-hybridized carbons (Fsp3) is 0.500. The van der Waals surface area contributed by atoms with E-state index in [-0.39, 0.29) is 0 Å². The predicted octanol–water partition coefficient (Wildman–Crippen LogP) is 0.494. The molecule has 0 radical (unpaired) electrons. The maximum Gasteiger partial charge on any atom is 0.211 e. The highest BCUT2D eigenvalue weighted by Crippen LogP contribution is 2.10. The van der Waals surface area contributed by atoms with E-state index in [4.69, 9.17) is 4.74 Å². The summed E-state index contributed by atoms with van der Waals surface area (Å²) in [5, 5.41) is 11.8. The average molecular weight is 249 g/mol. The number of nitrogens with zero attached hydrogens (tertiary/aromatic N) is 4. The molecule has 0 saturated heterocycles. The minimum Gasteiger partial charge on any atom is -0.481 e. The lowest BCUT2D eigenvalue weighted by atomic mass is 10.2. The zero-order valence-corrected chi connectivity index (χ0v) is 11.1. The quantitative estimate of drug-likeness (QED) is 0.757. The van der Waals surface area contributed by atoms with Gasteiger partial charge in [-0.25, -0.2) is 4.68 Å². The Morgan fingerprint density at radius 2 is 2.22 bits per heavy atom. The first-order chi connectivity index (χ1) is 8.69. The van der Waals surface area contributed by atoms with Gasteiger partial charge in [-0.2, -0.15) is 10.2 Å². The van der Waals surface area contributed by atoms with Crippen molar-refractivity contribution in [3.05, 3.63) is 29.7 Å². The molecule has 0 atom stereocenters. The molecule has 0 saturated carbocycles.